The minimum atomic E-state index is -0.316. The van der Waals surface area contributed by atoms with Gasteiger partial charge < -0.3 is 14.4 Å². The first kappa shape index (κ1) is 19.2. The van der Waals surface area contributed by atoms with E-state index in [0.717, 1.165) is 46.8 Å². The summed E-state index contributed by atoms with van der Waals surface area (Å²) in [6, 6.07) is 19.5. The summed E-state index contributed by atoms with van der Waals surface area (Å²) in [5.74, 6) is 0.770. The normalized spacial score (nSPS) is 12.4. The molecular formula is C25H25NO3. The summed E-state index contributed by atoms with van der Waals surface area (Å²) < 4.78 is 7.59. The number of benzene rings is 3. The molecule has 1 aromatic heterocycles. The third kappa shape index (κ3) is 3.64. The van der Waals surface area contributed by atoms with Crippen LogP contribution >= 0.6 is 0 Å². The van der Waals surface area contributed by atoms with Gasteiger partial charge in [0.05, 0.1) is 13.2 Å². The maximum atomic E-state index is 13.6. The monoisotopic (exact) mass is 387 g/mol. The van der Waals surface area contributed by atoms with Crippen molar-refractivity contribution in [3.05, 3.63) is 78.0 Å². The summed E-state index contributed by atoms with van der Waals surface area (Å²) in [4.78, 5) is 13.6. The molecule has 4 rings (SSSR count). The van der Waals surface area contributed by atoms with Gasteiger partial charge in [-0.25, -0.2) is 0 Å². The first-order valence-electron chi connectivity index (χ1n) is 9.96. The van der Waals surface area contributed by atoms with E-state index in [9.17, 15) is 9.90 Å². The molecule has 148 valence electrons. The Bertz CT molecular complexity index is 1170. The quantitative estimate of drug-likeness (QED) is 0.444. The van der Waals surface area contributed by atoms with Gasteiger partial charge in [-0.1, -0.05) is 42.5 Å². The van der Waals surface area contributed by atoms with Crippen LogP contribution in [-0.2, 0) is 6.54 Å². The van der Waals surface area contributed by atoms with E-state index in [1.54, 1.807) is 14.0 Å². The largest absolute Gasteiger partial charge is 0.496 e. The number of fused-ring (bicyclic) bond motifs is 2. The Morgan fingerprint density at radius 1 is 0.966 bits per heavy atom. The molecule has 0 bridgehead atoms. The highest BCUT2D eigenvalue weighted by Crippen LogP contribution is 2.31. The Hall–Kier alpha value is -3.11. The Labute approximate surface area is 170 Å². The number of aliphatic hydroxyl groups excluding tert-OH is 1. The van der Waals surface area contributed by atoms with E-state index in [0.29, 0.717) is 11.1 Å². The predicted octanol–water partition coefficient (Wildman–Crippen LogP) is 5.20. The summed E-state index contributed by atoms with van der Waals surface area (Å²) in [7, 11) is 1.64. The van der Waals surface area contributed by atoms with Crippen molar-refractivity contribution in [1.29, 1.82) is 0 Å². The van der Waals surface area contributed by atoms with Crippen LogP contribution in [0.4, 0.5) is 0 Å². The summed E-state index contributed by atoms with van der Waals surface area (Å²) >= 11 is 0. The lowest BCUT2D eigenvalue weighted by Gasteiger charge is -2.09. The van der Waals surface area contributed by atoms with Crippen LogP contribution in [0.15, 0.2) is 66.9 Å². The van der Waals surface area contributed by atoms with E-state index < -0.39 is 0 Å². The maximum absolute atomic E-state index is 13.6. The van der Waals surface area contributed by atoms with Gasteiger partial charge in [0.2, 0.25) is 0 Å². The zero-order chi connectivity index (χ0) is 20.4. The van der Waals surface area contributed by atoms with Crippen LogP contribution in [0.2, 0.25) is 0 Å². The molecule has 0 radical (unpaired) electrons. The number of aromatic nitrogens is 1. The molecule has 4 heteroatoms. The number of carbonyl (C=O) groups excluding carboxylic acids is 1. The lowest BCUT2D eigenvalue weighted by molar-refractivity contribution is 0.104. The number of hydrogen-bond donors (Lipinski definition) is 1. The highest BCUT2D eigenvalue weighted by Gasteiger charge is 2.19. The highest BCUT2D eigenvalue weighted by molar-refractivity contribution is 6.21. The van der Waals surface area contributed by atoms with Crippen LogP contribution in [-0.4, -0.2) is 28.7 Å². The number of rotatable bonds is 7. The molecule has 0 saturated carbocycles. The fraction of sp³-hybridized carbons (Fsp3) is 0.240. The zero-order valence-electron chi connectivity index (χ0n) is 16.8. The topological polar surface area (TPSA) is 51.5 Å². The highest BCUT2D eigenvalue weighted by atomic mass is 16.5. The van der Waals surface area contributed by atoms with Gasteiger partial charge in [0.25, 0.3) is 0 Å². The molecule has 4 nitrogen and oxygen atoms in total. The van der Waals surface area contributed by atoms with Crippen molar-refractivity contribution < 1.29 is 14.6 Å². The molecule has 1 atom stereocenters. The van der Waals surface area contributed by atoms with E-state index in [2.05, 4.69) is 4.57 Å². The first-order chi connectivity index (χ1) is 14.1. The molecule has 0 fully saturated rings. The van der Waals surface area contributed by atoms with Crippen molar-refractivity contribution in [2.24, 2.45) is 0 Å². The van der Waals surface area contributed by atoms with E-state index in [4.69, 9.17) is 4.74 Å². The van der Waals surface area contributed by atoms with Crippen LogP contribution in [0.1, 0.15) is 35.7 Å². The van der Waals surface area contributed by atoms with Gasteiger partial charge in [-0.2, -0.15) is 0 Å². The van der Waals surface area contributed by atoms with Gasteiger partial charge in [-0.3, -0.25) is 4.79 Å². The lowest BCUT2D eigenvalue weighted by Crippen LogP contribution is -2.04. The number of ketones is 1. The third-order valence-electron chi connectivity index (χ3n) is 5.40. The molecule has 0 aliphatic heterocycles. The molecule has 3 aromatic carbocycles. The second kappa shape index (κ2) is 8.10. The molecule has 1 N–H and O–H groups in total. The molecule has 0 aliphatic rings. The van der Waals surface area contributed by atoms with Crippen molar-refractivity contribution in [2.75, 3.05) is 7.11 Å². The molecule has 0 unspecified atom stereocenters. The van der Waals surface area contributed by atoms with Crippen molar-refractivity contribution >= 4 is 27.5 Å². The van der Waals surface area contributed by atoms with Gasteiger partial charge in [0.1, 0.15) is 5.75 Å². The van der Waals surface area contributed by atoms with E-state index in [-0.39, 0.29) is 11.9 Å². The SMILES string of the molecule is COc1ccc(C(=O)c2cn(CCC[C@H](C)O)c3ccccc23)c2ccccc12. The molecule has 0 aliphatic carbocycles. The van der Waals surface area contributed by atoms with Crippen molar-refractivity contribution in [1.82, 2.24) is 4.57 Å². The number of para-hydroxylation sites is 1. The van der Waals surface area contributed by atoms with E-state index in [1.165, 1.54) is 0 Å². The second-order valence-electron chi connectivity index (χ2n) is 7.43. The van der Waals surface area contributed by atoms with Crippen molar-refractivity contribution in [3.8, 4) is 5.75 Å². The fourth-order valence-electron chi connectivity index (χ4n) is 3.96. The smallest absolute Gasteiger partial charge is 0.195 e. The summed E-state index contributed by atoms with van der Waals surface area (Å²) in [6.45, 7) is 2.57. The molecule has 0 amide bonds. The summed E-state index contributed by atoms with van der Waals surface area (Å²) in [6.07, 6.45) is 3.23. The van der Waals surface area contributed by atoms with Gasteiger partial charge in [-0.05, 0) is 43.4 Å². The Morgan fingerprint density at radius 3 is 2.38 bits per heavy atom. The average Bonchev–Trinajstić information content (AvgIpc) is 3.11. The summed E-state index contributed by atoms with van der Waals surface area (Å²) in [5, 5.41) is 12.3. The number of aliphatic hydroxyl groups is 1. The van der Waals surface area contributed by atoms with Gasteiger partial charge in [-0.15, -0.1) is 0 Å². The van der Waals surface area contributed by atoms with E-state index in [1.807, 2.05) is 66.9 Å². The van der Waals surface area contributed by atoms with Crippen LogP contribution < -0.4 is 4.74 Å². The lowest BCUT2D eigenvalue weighted by atomic mass is 9.96. The van der Waals surface area contributed by atoms with Gasteiger partial charge >= 0.3 is 0 Å². The molecule has 0 spiro atoms. The number of methoxy groups -OCH3 is 1. The second-order valence-corrected chi connectivity index (χ2v) is 7.43. The molecular weight excluding hydrogens is 362 g/mol. The minimum absolute atomic E-state index is 0.00864. The van der Waals surface area contributed by atoms with Crippen LogP contribution in [0.3, 0.4) is 0 Å². The first-order valence-corrected chi connectivity index (χ1v) is 9.96. The zero-order valence-corrected chi connectivity index (χ0v) is 16.8. The standard InChI is InChI=1S/C25H25NO3/c1-17(27)8-7-15-26-16-22(19-10-5-6-12-23(19)26)25(28)21-13-14-24(29-2)20-11-4-3-9-18(20)21/h3-6,9-14,16-17,27H,7-8,15H2,1-2H3/t17-/m0/s1. The number of aryl methyl sites for hydroxylation is 1. The van der Waals surface area contributed by atoms with Crippen molar-refractivity contribution in [3.63, 3.8) is 0 Å². The average molecular weight is 387 g/mol. The van der Waals surface area contributed by atoms with Crippen molar-refractivity contribution in [2.45, 2.75) is 32.4 Å². The van der Waals surface area contributed by atoms with Crippen LogP contribution in [0, 0.1) is 0 Å². The van der Waals surface area contributed by atoms with Gasteiger partial charge in [0, 0.05) is 40.2 Å². The maximum Gasteiger partial charge on any atom is 0.195 e. The molecule has 0 saturated heterocycles. The molecule has 4 aromatic rings. The predicted molar refractivity (Wildman–Crippen MR) is 117 cm³/mol. The Balaban J connectivity index is 1.79. The fourth-order valence-corrected chi connectivity index (χ4v) is 3.96. The summed E-state index contributed by atoms with van der Waals surface area (Å²) in [5.41, 5.74) is 2.42. The van der Waals surface area contributed by atoms with Crippen LogP contribution in [0.5, 0.6) is 5.75 Å². The number of nitrogens with zero attached hydrogens (tertiary/aromatic N) is 1. The number of hydrogen-bond acceptors (Lipinski definition) is 3. The Morgan fingerprint density at radius 2 is 1.66 bits per heavy atom. The molecule has 29 heavy (non-hydrogen) atoms. The third-order valence-corrected chi connectivity index (χ3v) is 5.40. The molecule has 1 heterocycles. The Kier molecular flexibility index (Phi) is 5.36. The van der Waals surface area contributed by atoms with E-state index >= 15 is 0 Å². The van der Waals surface area contributed by atoms with Crippen LogP contribution in [0.25, 0.3) is 21.7 Å². The van der Waals surface area contributed by atoms with Gasteiger partial charge in [0.15, 0.2) is 5.78 Å². The number of carbonyl (C=O) groups is 1. The number of ether oxygens (including phenoxy) is 1. The minimum Gasteiger partial charge on any atom is -0.496 e.